The molecule has 6 unspecified atom stereocenters. The molecule has 1 saturated carbocycles. The van der Waals surface area contributed by atoms with Crippen LogP contribution in [-0.4, -0.2) is 104 Å². The first-order valence-corrected chi connectivity index (χ1v) is 15.9. The number of benzene rings is 1. The van der Waals surface area contributed by atoms with E-state index in [1.165, 1.54) is 23.6 Å². The molecule has 10 nitrogen and oxygen atoms in total. The molecule has 5 aliphatic rings. The van der Waals surface area contributed by atoms with Gasteiger partial charge in [0.1, 0.15) is 5.75 Å². The lowest BCUT2D eigenvalue weighted by molar-refractivity contribution is -0.154. The molecule has 1 aromatic carbocycles. The summed E-state index contributed by atoms with van der Waals surface area (Å²) < 4.78 is 12.2. The third-order valence-electron chi connectivity index (χ3n) is 10.9. The second-order valence-electron chi connectivity index (χ2n) is 13.1. The van der Waals surface area contributed by atoms with Crippen molar-refractivity contribution in [2.75, 3.05) is 46.9 Å². The van der Waals surface area contributed by atoms with Crippen LogP contribution in [0.3, 0.4) is 0 Å². The van der Waals surface area contributed by atoms with Crippen molar-refractivity contribution in [1.82, 2.24) is 25.3 Å². The number of methoxy groups -OCH3 is 1. The molecule has 7 atom stereocenters. The molecule has 1 spiro atoms. The van der Waals surface area contributed by atoms with E-state index < -0.39 is 11.8 Å². The van der Waals surface area contributed by atoms with Crippen molar-refractivity contribution in [2.45, 2.75) is 82.0 Å². The minimum absolute atomic E-state index is 0.0515. The fraction of sp³-hybridized carbons (Fsp3) is 0.667. The van der Waals surface area contributed by atoms with Crippen LogP contribution in [0.1, 0.15) is 49.7 Å². The van der Waals surface area contributed by atoms with Crippen molar-refractivity contribution in [3.63, 3.8) is 0 Å². The molecule has 0 bridgehead atoms. The zero-order valence-electron chi connectivity index (χ0n) is 25.6. The number of carbonyl (C=O) groups is 2. The Kier molecular flexibility index (Phi) is 8.90. The topological polar surface area (TPSA) is 110 Å². The average molecular weight is 591 g/mol. The molecule has 232 valence electrons. The summed E-state index contributed by atoms with van der Waals surface area (Å²) in [5.74, 6) is 1.07. The standard InChI is InChI=1S/C33H46N6O4/c1-4-28(40)39-18-17-38(20-23(39)12-15-34)31-25-11-14-33(13-10-22-7-5-9-27(42-3)26(22)19-33)30(41)29(25)35-32(36-31)43-21-24-8-6-16-37(24)2/h4-5,7,9,23-25,29,31-32,35-36H,1,6,8,10-14,16-21H2,2-3H3/t23?,24?,25?,29?,31?,32?,33-/m0/s1. The summed E-state index contributed by atoms with van der Waals surface area (Å²) in [5.41, 5.74) is 2.04. The molecule has 3 saturated heterocycles. The number of carbonyl (C=O) groups excluding carboxylic acids is 2. The van der Waals surface area contributed by atoms with Crippen LogP contribution in [0.25, 0.3) is 0 Å². The number of hydrogen-bond acceptors (Lipinski definition) is 9. The van der Waals surface area contributed by atoms with Gasteiger partial charge in [0.25, 0.3) is 0 Å². The van der Waals surface area contributed by atoms with Gasteiger partial charge in [-0.1, -0.05) is 18.7 Å². The molecule has 4 fully saturated rings. The van der Waals surface area contributed by atoms with E-state index in [1.54, 1.807) is 12.0 Å². The number of ketones is 1. The number of fused-ring (bicyclic) bond motifs is 2. The summed E-state index contributed by atoms with van der Waals surface area (Å²) in [4.78, 5) is 33.7. The lowest BCUT2D eigenvalue weighted by atomic mass is 9.59. The van der Waals surface area contributed by atoms with E-state index in [2.05, 4.69) is 46.2 Å². The van der Waals surface area contributed by atoms with Crippen LogP contribution in [0, 0.1) is 22.7 Å². The second-order valence-corrected chi connectivity index (χ2v) is 13.1. The Morgan fingerprint density at radius 1 is 1.21 bits per heavy atom. The molecule has 3 aliphatic heterocycles. The molecule has 0 radical (unpaired) electrons. The van der Waals surface area contributed by atoms with Gasteiger partial charge in [0, 0.05) is 37.0 Å². The highest BCUT2D eigenvalue weighted by Gasteiger charge is 2.55. The quantitative estimate of drug-likeness (QED) is 0.461. The fourth-order valence-electron chi connectivity index (χ4n) is 8.44. The van der Waals surface area contributed by atoms with Crippen LogP contribution in [0.2, 0.25) is 0 Å². The maximum Gasteiger partial charge on any atom is 0.246 e. The molecule has 2 aliphatic carbocycles. The van der Waals surface area contributed by atoms with Crippen LogP contribution in [0.15, 0.2) is 30.9 Å². The highest BCUT2D eigenvalue weighted by molar-refractivity contribution is 5.92. The number of nitrogens with one attached hydrogen (secondary N) is 2. The van der Waals surface area contributed by atoms with Crippen molar-refractivity contribution < 1.29 is 19.1 Å². The molecule has 2 N–H and O–H groups in total. The number of amides is 1. The number of nitriles is 1. The zero-order valence-corrected chi connectivity index (χ0v) is 25.6. The third-order valence-corrected chi connectivity index (χ3v) is 10.9. The maximum absolute atomic E-state index is 14.7. The first-order chi connectivity index (χ1) is 20.9. The molecule has 10 heteroatoms. The summed E-state index contributed by atoms with van der Waals surface area (Å²) in [6, 6.07) is 8.28. The van der Waals surface area contributed by atoms with E-state index >= 15 is 0 Å². The number of piperazine rings is 1. The normalized spacial score (nSPS) is 34.8. The zero-order chi connectivity index (χ0) is 30.1. The van der Waals surface area contributed by atoms with Crippen LogP contribution in [0.4, 0.5) is 0 Å². The van der Waals surface area contributed by atoms with Gasteiger partial charge >= 0.3 is 0 Å². The Hall–Kier alpha value is -2.81. The van der Waals surface area contributed by atoms with E-state index in [-0.39, 0.29) is 42.3 Å². The lowest BCUT2D eigenvalue weighted by Gasteiger charge is -2.55. The number of likely N-dealkylation sites (tertiary alicyclic amines) is 1. The minimum atomic E-state index is -0.466. The first kappa shape index (κ1) is 30.2. The van der Waals surface area contributed by atoms with Gasteiger partial charge in [-0.15, -0.1) is 0 Å². The summed E-state index contributed by atoms with van der Waals surface area (Å²) in [6.07, 6.45) is 7.46. The number of hydrogen-bond donors (Lipinski definition) is 2. The highest BCUT2D eigenvalue weighted by Crippen LogP contribution is 2.49. The molecule has 6 rings (SSSR count). The van der Waals surface area contributed by atoms with Crippen LogP contribution < -0.4 is 15.4 Å². The third kappa shape index (κ3) is 5.74. The monoisotopic (exact) mass is 590 g/mol. The number of likely N-dealkylation sites (N-methyl/N-ethyl adjacent to an activating group) is 1. The smallest absolute Gasteiger partial charge is 0.246 e. The SMILES string of the molecule is C=CC(=O)N1CCN(C2NC(OCC3CCCN3C)NC3C(=O)[C@@]4(CCc5cccc(OC)c5C4)CCC32)CC1CC#N. The summed E-state index contributed by atoms with van der Waals surface area (Å²) in [7, 11) is 3.85. The fourth-order valence-corrected chi connectivity index (χ4v) is 8.44. The van der Waals surface area contributed by atoms with Gasteiger partial charge in [0.05, 0.1) is 44.5 Å². The number of Topliss-reactive ketones (excluding diaryl/α,β-unsaturated/α-hetero) is 1. The Balaban J connectivity index is 1.25. The molecule has 1 amide bonds. The number of aryl methyl sites for hydroxylation is 1. The summed E-state index contributed by atoms with van der Waals surface area (Å²) in [5, 5.41) is 16.9. The Labute approximate surface area is 255 Å². The van der Waals surface area contributed by atoms with E-state index in [0.717, 1.165) is 44.4 Å². The van der Waals surface area contributed by atoms with Crippen molar-refractivity contribution in [1.29, 1.82) is 5.26 Å². The van der Waals surface area contributed by atoms with Gasteiger partial charge in [-0.25, -0.2) is 0 Å². The van der Waals surface area contributed by atoms with Gasteiger partial charge in [-0.05, 0) is 81.8 Å². The Morgan fingerprint density at radius 2 is 2.07 bits per heavy atom. The van der Waals surface area contributed by atoms with Crippen molar-refractivity contribution >= 4 is 11.7 Å². The molecule has 43 heavy (non-hydrogen) atoms. The lowest BCUT2D eigenvalue weighted by Crippen LogP contribution is -2.74. The maximum atomic E-state index is 14.7. The van der Waals surface area contributed by atoms with Crippen molar-refractivity contribution in [3.8, 4) is 11.8 Å². The number of ether oxygens (including phenoxy) is 2. The van der Waals surface area contributed by atoms with Gasteiger partial charge < -0.3 is 19.3 Å². The Morgan fingerprint density at radius 3 is 2.81 bits per heavy atom. The van der Waals surface area contributed by atoms with Gasteiger partial charge in [0.2, 0.25) is 5.91 Å². The van der Waals surface area contributed by atoms with Crippen LogP contribution >= 0.6 is 0 Å². The molecular weight excluding hydrogens is 544 g/mol. The molecule has 1 aromatic rings. The average Bonchev–Trinajstić information content (AvgIpc) is 3.45. The van der Waals surface area contributed by atoms with Crippen LogP contribution in [0.5, 0.6) is 5.75 Å². The molecule has 3 heterocycles. The number of nitrogens with zero attached hydrogens (tertiary/aromatic N) is 4. The van der Waals surface area contributed by atoms with Crippen LogP contribution in [-0.2, 0) is 27.2 Å². The van der Waals surface area contributed by atoms with Crippen molar-refractivity contribution in [3.05, 3.63) is 42.0 Å². The van der Waals surface area contributed by atoms with E-state index in [0.29, 0.717) is 38.7 Å². The number of rotatable bonds is 7. The summed E-state index contributed by atoms with van der Waals surface area (Å²) >= 11 is 0. The predicted molar refractivity (Wildman–Crippen MR) is 162 cm³/mol. The predicted octanol–water partition coefficient (Wildman–Crippen LogP) is 2.04. The first-order valence-electron chi connectivity index (χ1n) is 15.9. The van der Waals surface area contributed by atoms with E-state index in [1.807, 2.05) is 12.1 Å². The van der Waals surface area contributed by atoms with Gasteiger partial charge in [-0.2, -0.15) is 5.26 Å². The molecular formula is C33H46N6O4. The van der Waals surface area contributed by atoms with Gasteiger partial charge in [-0.3, -0.25) is 25.1 Å². The molecule has 0 aromatic heterocycles. The van der Waals surface area contributed by atoms with E-state index in [9.17, 15) is 14.9 Å². The second kappa shape index (κ2) is 12.7. The van der Waals surface area contributed by atoms with Crippen molar-refractivity contribution in [2.24, 2.45) is 11.3 Å². The van der Waals surface area contributed by atoms with Gasteiger partial charge in [0.15, 0.2) is 12.1 Å². The highest BCUT2D eigenvalue weighted by atomic mass is 16.5. The largest absolute Gasteiger partial charge is 0.496 e. The minimum Gasteiger partial charge on any atom is -0.496 e. The Bertz CT molecular complexity index is 1250. The summed E-state index contributed by atoms with van der Waals surface area (Å²) in [6.45, 7) is 7.07. The van der Waals surface area contributed by atoms with E-state index in [4.69, 9.17) is 9.47 Å².